The molecule has 0 spiro atoms. The predicted molar refractivity (Wildman–Crippen MR) is 61.7 cm³/mol. The molecule has 0 aromatic carbocycles. The number of amides is 1. The number of rotatable bonds is 3. The van der Waals surface area contributed by atoms with Gasteiger partial charge in [-0.25, -0.2) is 0 Å². The van der Waals surface area contributed by atoms with Crippen LogP contribution in [0.4, 0.5) is 0 Å². The average Bonchev–Trinajstić information content (AvgIpc) is 2.77. The van der Waals surface area contributed by atoms with Crippen LogP contribution in [0.3, 0.4) is 0 Å². The van der Waals surface area contributed by atoms with Gasteiger partial charge >= 0.3 is 0 Å². The minimum Gasteiger partial charge on any atom is -0.354 e. The smallest absolute Gasteiger partial charge is 0.240 e. The van der Waals surface area contributed by atoms with Crippen LogP contribution >= 0.6 is 12.4 Å². The lowest BCUT2D eigenvalue weighted by Gasteiger charge is -2.17. The van der Waals surface area contributed by atoms with Crippen molar-refractivity contribution in [2.24, 2.45) is 17.4 Å². The topological polar surface area (TPSA) is 81.1 Å². The Morgan fingerprint density at radius 3 is 2.53 bits per heavy atom. The highest BCUT2D eigenvalue weighted by molar-refractivity contribution is 5.88. The Kier molecular flexibility index (Phi) is 3.98. The molecule has 2 aliphatic carbocycles. The summed E-state index contributed by atoms with van der Waals surface area (Å²) in [4.78, 5) is 11.5. The van der Waals surface area contributed by atoms with Gasteiger partial charge in [0.05, 0.1) is 5.54 Å². The fourth-order valence-corrected chi connectivity index (χ4v) is 2.08. The number of carbonyl (C=O) groups is 1. The first-order chi connectivity index (χ1) is 6.62. The summed E-state index contributed by atoms with van der Waals surface area (Å²) in [5.41, 5.74) is 11.1. The van der Waals surface area contributed by atoms with Crippen LogP contribution in [0.2, 0.25) is 0 Å². The lowest BCUT2D eigenvalue weighted by Crippen LogP contribution is -2.45. The van der Waals surface area contributed by atoms with Gasteiger partial charge in [-0.1, -0.05) is 6.42 Å². The van der Waals surface area contributed by atoms with Gasteiger partial charge in [-0.2, -0.15) is 0 Å². The van der Waals surface area contributed by atoms with Crippen LogP contribution in [-0.4, -0.2) is 24.0 Å². The third kappa shape index (κ3) is 2.83. The number of hydrogen-bond acceptors (Lipinski definition) is 3. The number of hydrogen-bond donors (Lipinski definition) is 3. The Balaban J connectivity index is 0.00000112. The Morgan fingerprint density at radius 2 is 2.07 bits per heavy atom. The summed E-state index contributed by atoms with van der Waals surface area (Å²) < 4.78 is 0. The van der Waals surface area contributed by atoms with Gasteiger partial charge < -0.3 is 16.8 Å². The SMILES string of the molecule is Cl.NC1CCCC1CNC(=O)C1(N)CC1. The van der Waals surface area contributed by atoms with Crippen molar-refractivity contribution in [3.63, 3.8) is 0 Å². The van der Waals surface area contributed by atoms with E-state index in [4.69, 9.17) is 11.5 Å². The molecule has 2 unspecified atom stereocenters. The van der Waals surface area contributed by atoms with Gasteiger partial charge in [-0.05, 0) is 31.6 Å². The Hall–Kier alpha value is -0.320. The fraction of sp³-hybridized carbons (Fsp3) is 0.900. The van der Waals surface area contributed by atoms with E-state index in [2.05, 4.69) is 5.32 Å². The molecular formula is C10H20ClN3O. The molecule has 0 aliphatic heterocycles. The van der Waals surface area contributed by atoms with E-state index in [1.165, 1.54) is 6.42 Å². The minimum absolute atomic E-state index is 0. The van der Waals surface area contributed by atoms with Crippen LogP contribution in [0.15, 0.2) is 0 Å². The van der Waals surface area contributed by atoms with Crippen molar-refractivity contribution in [3.05, 3.63) is 0 Å². The van der Waals surface area contributed by atoms with Crippen molar-refractivity contribution < 1.29 is 4.79 Å². The van der Waals surface area contributed by atoms with Crippen LogP contribution in [0.1, 0.15) is 32.1 Å². The Morgan fingerprint density at radius 1 is 1.40 bits per heavy atom. The summed E-state index contributed by atoms with van der Waals surface area (Å²) in [6.45, 7) is 0.707. The normalized spacial score (nSPS) is 31.9. The highest BCUT2D eigenvalue weighted by atomic mass is 35.5. The van der Waals surface area contributed by atoms with E-state index in [9.17, 15) is 4.79 Å². The maximum absolute atomic E-state index is 11.5. The molecular weight excluding hydrogens is 214 g/mol. The molecule has 5 N–H and O–H groups in total. The van der Waals surface area contributed by atoms with Crippen molar-refractivity contribution in [2.45, 2.75) is 43.7 Å². The van der Waals surface area contributed by atoms with Crippen molar-refractivity contribution >= 4 is 18.3 Å². The molecule has 15 heavy (non-hydrogen) atoms. The second-order valence-electron chi connectivity index (χ2n) is 4.72. The van der Waals surface area contributed by atoms with Crippen LogP contribution < -0.4 is 16.8 Å². The number of nitrogens with one attached hydrogen (secondary N) is 1. The molecule has 5 heteroatoms. The van der Waals surface area contributed by atoms with Crippen LogP contribution in [-0.2, 0) is 4.79 Å². The molecule has 1 amide bonds. The summed E-state index contributed by atoms with van der Waals surface area (Å²) in [6, 6.07) is 0.267. The second-order valence-corrected chi connectivity index (χ2v) is 4.72. The molecule has 0 aromatic rings. The Bertz CT molecular complexity index is 243. The van der Waals surface area contributed by atoms with Crippen molar-refractivity contribution in [1.82, 2.24) is 5.32 Å². The maximum Gasteiger partial charge on any atom is 0.240 e. The zero-order chi connectivity index (χ0) is 10.2. The third-order valence-electron chi connectivity index (χ3n) is 3.48. The van der Waals surface area contributed by atoms with Gasteiger partial charge in [0.2, 0.25) is 5.91 Å². The van der Waals surface area contributed by atoms with Crippen molar-refractivity contribution in [1.29, 1.82) is 0 Å². The first-order valence-electron chi connectivity index (χ1n) is 5.44. The third-order valence-corrected chi connectivity index (χ3v) is 3.48. The van der Waals surface area contributed by atoms with Gasteiger partial charge in [-0.3, -0.25) is 4.79 Å². The average molecular weight is 234 g/mol. The van der Waals surface area contributed by atoms with E-state index in [0.717, 1.165) is 25.7 Å². The lowest BCUT2D eigenvalue weighted by atomic mass is 10.0. The van der Waals surface area contributed by atoms with Gasteiger partial charge in [0.25, 0.3) is 0 Å². The quantitative estimate of drug-likeness (QED) is 0.649. The van der Waals surface area contributed by atoms with E-state index >= 15 is 0 Å². The molecule has 0 radical (unpaired) electrons. The molecule has 0 aromatic heterocycles. The summed E-state index contributed by atoms with van der Waals surface area (Å²) in [6.07, 6.45) is 5.08. The van der Waals surface area contributed by atoms with Crippen LogP contribution in [0.5, 0.6) is 0 Å². The van der Waals surface area contributed by atoms with Crippen molar-refractivity contribution in [3.8, 4) is 0 Å². The van der Waals surface area contributed by atoms with E-state index in [1.54, 1.807) is 0 Å². The molecule has 4 nitrogen and oxygen atoms in total. The zero-order valence-corrected chi connectivity index (χ0v) is 9.69. The molecule has 88 valence electrons. The molecule has 2 saturated carbocycles. The summed E-state index contributed by atoms with van der Waals surface area (Å²) in [7, 11) is 0. The highest BCUT2D eigenvalue weighted by Gasteiger charge is 2.46. The standard InChI is InChI=1S/C10H19N3O.ClH/c11-8-3-1-2-7(8)6-13-9(14)10(12)4-5-10;/h7-8H,1-6,11-12H2,(H,13,14);1H. The summed E-state index contributed by atoms with van der Waals surface area (Å²) >= 11 is 0. The first kappa shape index (κ1) is 12.7. The van der Waals surface area contributed by atoms with Gasteiger partial charge in [0.1, 0.15) is 0 Å². The fourth-order valence-electron chi connectivity index (χ4n) is 2.08. The van der Waals surface area contributed by atoms with Crippen LogP contribution in [0, 0.1) is 5.92 Å². The van der Waals surface area contributed by atoms with Crippen LogP contribution in [0.25, 0.3) is 0 Å². The van der Waals surface area contributed by atoms with E-state index in [1.807, 2.05) is 0 Å². The Labute approximate surface area is 96.6 Å². The second kappa shape index (κ2) is 4.68. The molecule has 0 heterocycles. The summed E-state index contributed by atoms with van der Waals surface area (Å²) in [5, 5.41) is 2.91. The number of halogens is 1. The molecule has 2 atom stereocenters. The monoisotopic (exact) mass is 233 g/mol. The van der Waals surface area contributed by atoms with Gasteiger partial charge in [-0.15, -0.1) is 12.4 Å². The molecule has 2 aliphatic rings. The predicted octanol–water partition coefficient (Wildman–Crippen LogP) is 0.143. The van der Waals surface area contributed by atoms with Gasteiger partial charge in [0.15, 0.2) is 0 Å². The van der Waals surface area contributed by atoms with Gasteiger partial charge in [0, 0.05) is 12.6 Å². The molecule has 2 rings (SSSR count). The maximum atomic E-state index is 11.5. The number of nitrogens with two attached hydrogens (primary N) is 2. The van der Waals surface area contributed by atoms with Crippen molar-refractivity contribution in [2.75, 3.05) is 6.54 Å². The molecule has 2 fully saturated rings. The van der Waals surface area contributed by atoms with E-state index in [-0.39, 0.29) is 24.4 Å². The lowest BCUT2D eigenvalue weighted by molar-refractivity contribution is -0.123. The molecule has 0 saturated heterocycles. The summed E-state index contributed by atoms with van der Waals surface area (Å²) in [5.74, 6) is 0.470. The zero-order valence-electron chi connectivity index (χ0n) is 8.87. The minimum atomic E-state index is -0.539. The van der Waals surface area contributed by atoms with E-state index in [0.29, 0.717) is 12.5 Å². The highest BCUT2D eigenvalue weighted by Crippen LogP contribution is 2.32. The largest absolute Gasteiger partial charge is 0.354 e. The van der Waals surface area contributed by atoms with E-state index < -0.39 is 5.54 Å². The molecule has 0 bridgehead atoms. The first-order valence-corrected chi connectivity index (χ1v) is 5.44. The number of carbonyl (C=O) groups excluding carboxylic acids is 1.